The van der Waals surface area contributed by atoms with Crippen LogP contribution in [0.4, 0.5) is 0 Å². The second-order valence-electron chi connectivity index (χ2n) is 6.45. The van der Waals surface area contributed by atoms with Crippen molar-refractivity contribution in [2.24, 2.45) is 0 Å². The molecule has 0 amide bonds. The largest absolute Gasteiger partial charge is 0.316 e. The summed E-state index contributed by atoms with van der Waals surface area (Å²) >= 11 is 0. The first kappa shape index (κ1) is 43.8. The monoisotopic (exact) mass is 744 g/mol. The van der Waals surface area contributed by atoms with E-state index in [1.165, 1.54) is 0 Å². The van der Waals surface area contributed by atoms with Gasteiger partial charge in [-0.15, -0.1) is 0 Å². The zero-order valence-electron chi connectivity index (χ0n) is 16.8. The summed E-state index contributed by atoms with van der Waals surface area (Å²) in [6.07, 6.45) is -13.5. The van der Waals surface area contributed by atoms with Crippen molar-refractivity contribution in [3.63, 3.8) is 0 Å². The number of aliphatic hydroxyl groups excluding tert-OH is 5. The summed E-state index contributed by atoms with van der Waals surface area (Å²) in [4.78, 5) is 62.9. The zero-order chi connectivity index (χ0) is 29.6. The van der Waals surface area contributed by atoms with Gasteiger partial charge >= 0.3 is 108 Å². The van der Waals surface area contributed by atoms with Gasteiger partial charge in [0.05, 0.1) is 0 Å². The molecule has 39 heavy (non-hydrogen) atoms. The molecule has 33 heteroatoms. The van der Waals surface area contributed by atoms with Crippen LogP contribution >= 0.6 is 46.9 Å². The van der Waals surface area contributed by atoms with Crippen LogP contribution in [0.5, 0.6) is 0 Å². The summed E-state index contributed by atoms with van der Waals surface area (Å²) in [6.45, 7) is 0. The van der Waals surface area contributed by atoms with Crippen molar-refractivity contribution in [2.75, 3.05) is 0 Å². The number of phosphoric ester groups is 1. The van der Waals surface area contributed by atoms with Crippen molar-refractivity contribution in [3.05, 3.63) is 0 Å². The Kier molecular flexibility index (Phi) is 16.6. The van der Waals surface area contributed by atoms with Crippen LogP contribution in [0.15, 0.2) is 0 Å². The second kappa shape index (κ2) is 14.8. The van der Waals surface area contributed by atoms with Crippen LogP contribution < -0.4 is 0 Å². The first-order valence-electron chi connectivity index (χ1n) is 8.13. The van der Waals surface area contributed by atoms with Crippen LogP contribution in [0.25, 0.3) is 0 Å². The number of aliphatic hydroxyl groups is 6. The summed E-state index contributed by atoms with van der Waals surface area (Å²) in [5, 5.41) is 57.9. The number of phosphoric acid groups is 6. The minimum atomic E-state index is -6.59. The van der Waals surface area contributed by atoms with Crippen molar-refractivity contribution >= 4 is 108 Å². The maximum atomic E-state index is 12.0. The van der Waals surface area contributed by atoms with Gasteiger partial charge in [-0.3, -0.25) is 0 Å². The predicted octanol–water partition coefficient (Wildman–Crippen LogP) is -5.64. The van der Waals surface area contributed by atoms with E-state index >= 15 is 0 Å². The van der Waals surface area contributed by atoms with Gasteiger partial charge in [0.15, 0.2) is 0 Å². The van der Waals surface area contributed by atoms with Crippen molar-refractivity contribution < 1.29 is 118 Å². The molecule has 0 aromatic carbocycles. The molecular formula is C6H22CaMgO25P6. The third-order valence-electron chi connectivity index (χ3n) is 3.49. The number of hydrogen-bond acceptors (Lipinski definition) is 18. The fourth-order valence-electron chi connectivity index (χ4n) is 2.26. The van der Waals surface area contributed by atoms with Crippen LogP contribution in [-0.4, -0.2) is 162 Å². The third-order valence-corrected chi connectivity index (χ3v) is 12.3. The maximum absolute atomic E-state index is 12.0. The topological polar surface area (TPSA) is 421 Å². The molecule has 0 aromatic heterocycles. The molecule has 13 N–H and O–H groups in total. The first-order chi connectivity index (χ1) is 16.0. The maximum Gasteiger partial charge on any atom is 0.316 e. The average Bonchev–Trinajstić information content (AvgIpc) is 2.56. The molecule has 0 saturated heterocycles. The molecule has 1 aliphatic carbocycles. The first-order valence-corrected chi connectivity index (χ1v) is 17.1. The van der Waals surface area contributed by atoms with E-state index < -0.39 is 83.2 Å². The van der Waals surface area contributed by atoms with Crippen LogP contribution in [0, 0.1) is 0 Å². The molecule has 1 saturated carbocycles. The summed E-state index contributed by atoms with van der Waals surface area (Å²) in [7, 11) is -38.3. The molecule has 11 atom stereocenters. The van der Waals surface area contributed by atoms with Crippen LogP contribution in [0.2, 0.25) is 0 Å². The molecular weight excluding hydrogens is 722 g/mol. The molecule has 1 fully saturated rings. The van der Waals surface area contributed by atoms with E-state index in [0.29, 0.717) is 0 Å². The smallest absolute Gasteiger partial charge is 0.316 e. The third kappa shape index (κ3) is 13.7. The van der Waals surface area contributed by atoms with E-state index in [-0.39, 0.29) is 60.8 Å². The summed E-state index contributed by atoms with van der Waals surface area (Å²) in [5.41, 5.74) is 0. The molecule has 0 spiro atoms. The summed E-state index contributed by atoms with van der Waals surface area (Å²) < 4.78 is 88.7. The number of hydrogen-bond donors (Lipinski definition) is 13. The predicted molar refractivity (Wildman–Crippen MR) is 120 cm³/mol. The molecule has 0 heterocycles. The Balaban J connectivity index is 0. The second-order valence-corrected chi connectivity index (χ2v) is 15.6. The molecule has 0 aromatic rings. The standard InChI is InChI=1S/C6H18O25P6.Ca.Mg.4H/c7-1-2(8)4(10)6(12,5(11)3(1)9)26-33(16,17)28-35(20,21)30-37(24,25)31-36(22,23)29-34(18,19)27-32(13,14)15;;;;;;/h1-5,7-12H,(H,16,17)(H,18,19)(H,20,21)(H,22,23)(H,24,25)(H2,13,14,15);;;;;;/t1-,2-,3+,4-,5-,6-;;;;;;/m1....../s1. The Hall–Kier alpha value is 2.65. The fraction of sp³-hybridized carbons (Fsp3) is 1.00. The molecule has 230 valence electrons. The van der Waals surface area contributed by atoms with Gasteiger partial charge in [-0.2, -0.15) is 21.6 Å². The summed E-state index contributed by atoms with van der Waals surface area (Å²) in [5.74, 6) is -3.96. The van der Waals surface area contributed by atoms with Crippen molar-refractivity contribution in [3.8, 4) is 0 Å². The SMILES string of the molecule is O=P(O)(O)OP(=O)(O)OP(=O)(O)OP(=O)(O)OP(=O)(O)OP(=O)(O)O[C@]1(O)[C@H](O)[C@H](O)[C@@H](O)[C@H](O)[C@H]1O.[CaH2].[MgH2]. The zero-order valence-corrected chi connectivity index (χ0v) is 22.1. The fourth-order valence-corrected chi connectivity index (χ4v) is 9.78. The van der Waals surface area contributed by atoms with E-state index in [0.717, 1.165) is 0 Å². The summed E-state index contributed by atoms with van der Waals surface area (Å²) in [6, 6.07) is 0. The van der Waals surface area contributed by atoms with Gasteiger partial charge in [-0.25, -0.2) is 31.9 Å². The molecule has 1 aliphatic rings. The Bertz CT molecular complexity index is 1120. The van der Waals surface area contributed by atoms with Gasteiger partial charge in [0.2, 0.25) is 5.79 Å². The van der Waals surface area contributed by atoms with Crippen LogP contribution in [-0.2, 0) is 53.5 Å². The Morgan fingerprint density at radius 3 is 1.03 bits per heavy atom. The normalized spacial score (nSPS) is 35.5. The molecule has 0 radical (unpaired) electrons. The molecule has 25 nitrogen and oxygen atoms in total. The minimum absolute atomic E-state index is 0. The van der Waals surface area contributed by atoms with Gasteiger partial charge < -0.3 is 64.9 Å². The van der Waals surface area contributed by atoms with Crippen molar-refractivity contribution in [1.29, 1.82) is 0 Å². The Morgan fingerprint density at radius 1 is 0.487 bits per heavy atom. The van der Waals surface area contributed by atoms with E-state index in [2.05, 4.69) is 26.1 Å². The van der Waals surface area contributed by atoms with Gasteiger partial charge in [-0.05, 0) is 0 Å². The number of rotatable bonds is 12. The molecule has 5 unspecified atom stereocenters. The molecule has 1 rings (SSSR count). The van der Waals surface area contributed by atoms with Crippen LogP contribution in [0.1, 0.15) is 0 Å². The quantitative estimate of drug-likeness (QED) is 0.0503. The van der Waals surface area contributed by atoms with Gasteiger partial charge in [-0.1, -0.05) is 0 Å². The van der Waals surface area contributed by atoms with Crippen molar-refractivity contribution in [1.82, 2.24) is 0 Å². The van der Waals surface area contributed by atoms with E-state index in [4.69, 9.17) is 19.6 Å². The van der Waals surface area contributed by atoms with E-state index in [1.54, 1.807) is 0 Å². The van der Waals surface area contributed by atoms with Crippen molar-refractivity contribution in [2.45, 2.75) is 36.3 Å². The molecule has 0 aliphatic heterocycles. The minimum Gasteiger partial charge on any atom is 0.316 e. The van der Waals surface area contributed by atoms with Gasteiger partial charge in [0, 0.05) is 0 Å². The van der Waals surface area contributed by atoms with E-state index in [1.807, 2.05) is 0 Å². The van der Waals surface area contributed by atoms with Gasteiger partial charge in [0.25, 0.3) is 0 Å². The Morgan fingerprint density at radius 2 is 0.744 bits per heavy atom. The average molecular weight is 744 g/mol. The van der Waals surface area contributed by atoms with Crippen LogP contribution in [0.3, 0.4) is 0 Å². The molecule has 0 bridgehead atoms. The van der Waals surface area contributed by atoms with E-state index in [9.17, 15) is 72.7 Å². The Labute approximate surface area is 260 Å². The van der Waals surface area contributed by atoms with Gasteiger partial charge in [0.1, 0.15) is 30.5 Å².